The van der Waals surface area contributed by atoms with E-state index >= 15 is 0 Å². The summed E-state index contributed by atoms with van der Waals surface area (Å²) < 4.78 is 15.4. The highest BCUT2D eigenvalue weighted by Crippen LogP contribution is 2.67. The number of fused-ring (bicyclic) bond motifs is 2. The molecule has 3 aliphatic rings. The molecule has 2 aliphatic carbocycles. The zero-order valence-electron chi connectivity index (χ0n) is 16.8. The zero-order valence-corrected chi connectivity index (χ0v) is 16.8. The van der Waals surface area contributed by atoms with E-state index < -0.39 is 64.6 Å². The van der Waals surface area contributed by atoms with Crippen molar-refractivity contribution in [3.63, 3.8) is 0 Å². The molecule has 3 fully saturated rings. The van der Waals surface area contributed by atoms with Crippen molar-refractivity contribution in [2.75, 3.05) is 7.11 Å². The number of Topliss-reactive ketones (excluding diaryl/α,β-unsaturated/α-hetero) is 1. The number of hydrogen-bond acceptors (Lipinski definition) is 10. The van der Waals surface area contributed by atoms with Crippen LogP contribution in [0, 0.1) is 5.92 Å². The van der Waals surface area contributed by atoms with Crippen molar-refractivity contribution < 1.29 is 43.9 Å². The maximum Gasteiger partial charge on any atom is 0.342 e. The van der Waals surface area contributed by atoms with Crippen molar-refractivity contribution in [2.45, 2.75) is 41.3 Å². The molecule has 2 saturated carbocycles. The number of ketones is 1. The van der Waals surface area contributed by atoms with Gasteiger partial charge in [0.15, 0.2) is 5.78 Å². The molecule has 1 aliphatic heterocycles. The summed E-state index contributed by atoms with van der Waals surface area (Å²) in [5, 5.41) is 46.1. The van der Waals surface area contributed by atoms with Gasteiger partial charge in [0.2, 0.25) is 5.60 Å². The Morgan fingerprint density at radius 2 is 1.81 bits per heavy atom. The van der Waals surface area contributed by atoms with Gasteiger partial charge in [-0.05, 0) is 0 Å². The first-order valence-corrected chi connectivity index (χ1v) is 9.93. The molecule has 0 amide bonds. The lowest BCUT2D eigenvalue weighted by molar-refractivity contribution is -0.252. The van der Waals surface area contributed by atoms with Crippen LogP contribution in [-0.4, -0.2) is 68.3 Å². The first-order valence-electron chi connectivity index (χ1n) is 9.93. The molecule has 32 heavy (non-hydrogen) atoms. The maximum atomic E-state index is 13.5. The van der Waals surface area contributed by atoms with E-state index in [0.717, 1.165) is 6.07 Å². The zero-order chi connectivity index (χ0) is 23.1. The molecule has 168 valence electrons. The topological polar surface area (TPSA) is 164 Å². The molecule has 0 spiro atoms. The Hall–Kier alpha value is -3.05. The van der Waals surface area contributed by atoms with Crippen LogP contribution >= 0.6 is 0 Å². The van der Waals surface area contributed by atoms with Gasteiger partial charge in [0.05, 0.1) is 25.0 Å². The molecule has 3 bridgehead atoms. The van der Waals surface area contributed by atoms with Crippen LogP contribution in [-0.2, 0) is 9.53 Å². The highest BCUT2D eigenvalue weighted by molar-refractivity contribution is 6.05. The van der Waals surface area contributed by atoms with E-state index in [1.54, 1.807) is 18.2 Å². The summed E-state index contributed by atoms with van der Waals surface area (Å²) in [5.74, 6) is -6.31. The van der Waals surface area contributed by atoms with Gasteiger partial charge in [0, 0.05) is 18.1 Å². The number of hydrogen-bond donors (Lipinski definition) is 4. The second-order valence-electron chi connectivity index (χ2n) is 8.49. The van der Waals surface area contributed by atoms with Gasteiger partial charge in [-0.25, -0.2) is 9.59 Å². The quantitative estimate of drug-likeness (QED) is 0.344. The van der Waals surface area contributed by atoms with Gasteiger partial charge in [0.1, 0.15) is 34.9 Å². The first kappa shape index (κ1) is 20.8. The monoisotopic (exact) mass is 444 g/mol. The molecule has 4 N–H and O–H groups in total. The van der Waals surface area contributed by atoms with Gasteiger partial charge in [-0.3, -0.25) is 4.79 Å². The summed E-state index contributed by atoms with van der Waals surface area (Å²) in [4.78, 5) is 38.5. The SMILES string of the molecule is COc1cc([C@@H]2[C@@]3(O)[C@H](O)[C@H]4C[C@@]2(O)[C@@](O)(C(=O)O4)[C@H]3C(=O)c2ccccc2)oc(=O)c1. The Morgan fingerprint density at radius 1 is 1.12 bits per heavy atom. The normalized spacial score (nSPS) is 39.6. The van der Waals surface area contributed by atoms with E-state index in [1.165, 1.54) is 25.3 Å². The highest BCUT2D eigenvalue weighted by atomic mass is 16.6. The largest absolute Gasteiger partial charge is 0.496 e. The van der Waals surface area contributed by atoms with Crippen LogP contribution in [0.4, 0.5) is 0 Å². The van der Waals surface area contributed by atoms with Crippen LogP contribution in [0.2, 0.25) is 0 Å². The molecule has 10 nitrogen and oxygen atoms in total. The number of methoxy groups -OCH3 is 1. The second-order valence-corrected chi connectivity index (χ2v) is 8.49. The third-order valence-corrected chi connectivity index (χ3v) is 6.99. The summed E-state index contributed by atoms with van der Waals surface area (Å²) in [6.07, 6.45) is -3.76. The minimum atomic E-state index is -2.92. The molecule has 1 aromatic carbocycles. The van der Waals surface area contributed by atoms with Crippen molar-refractivity contribution in [1.29, 1.82) is 0 Å². The van der Waals surface area contributed by atoms with Crippen LogP contribution < -0.4 is 10.4 Å². The van der Waals surface area contributed by atoms with Crippen molar-refractivity contribution in [1.82, 2.24) is 0 Å². The van der Waals surface area contributed by atoms with Crippen LogP contribution in [0.25, 0.3) is 0 Å². The lowest BCUT2D eigenvalue weighted by Crippen LogP contribution is -2.69. The summed E-state index contributed by atoms with van der Waals surface area (Å²) >= 11 is 0. The molecular formula is C22H20O10. The van der Waals surface area contributed by atoms with Crippen molar-refractivity contribution >= 4 is 11.8 Å². The molecular weight excluding hydrogens is 424 g/mol. The second kappa shape index (κ2) is 6.48. The van der Waals surface area contributed by atoms with Gasteiger partial charge in [-0.15, -0.1) is 0 Å². The maximum absolute atomic E-state index is 13.5. The van der Waals surface area contributed by atoms with Crippen molar-refractivity contribution in [3.05, 3.63) is 64.2 Å². The number of carbonyl (C=O) groups excluding carboxylic acids is 2. The molecule has 10 heteroatoms. The summed E-state index contributed by atoms with van der Waals surface area (Å²) in [6, 6.07) is 9.75. The smallest absolute Gasteiger partial charge is 0.342 e. The fourth-order valence-electron chi connectivity index (χ4n) is 5.68. The van der Waals surface area contributed by atoms with E-state index in [4.69, 9.17) is 13.9 Å². The molecule has 7 atom stereocenters. The van der Waals surface area contributed by atoms with Gasteiger partial charge in [-0.1, -0.05) is 30.3 Å². The number of benzene rings is 1. The van der Waals surface area contributed by atoms with E-state index in [1.807, 2.05) is 0 Å². The number of aliphatic hydroxyl groups is 4. The van der Waals surface area contributed by atoms with Gasteiger partial charge in [0.25, 0.3) is 0 Å². The van der Waals surface area contributed by atoms with Crippen LogP contribution in [0.5, 0.6) is 5.75 Å². The van der Waals surface area contributed by atoms with Gasteiger partial charge in [-0.2, -0.15) is 0 Å². The average Bonchev–Trinajstić information content (AvgIpc) is 2.87. The standard InChI is InChI=1S/C22H20O10/c1-30-11-7-12(31-14(23)8-11)16-20(27)9-13-18(25)21(16,28)17(22(20,29)19(26)32-13)15(24)10-5-3-2-4-6-10/h2-8,13,16-18,25,27-29H,9H2,1H3/t13-,16+,17+,18-,20+,21+,22+/m1/s1. The number of rotatable bonds is 4. The molecule has 1 saturated heterocycles. The average molecular weight is 444 g/mol. The Kier molecular flexibility index (Phi) is 4.22. The summed E-state index contributed by atoms with van der Waals surface area (Å²) in [6.45, 7) is 0. The number of aliphatic hydroxyl groups excluding tert-OH is 1. The fraction of sp³-hybridized carbons (Fsp3) is 0.409. The number of ether oxygens (including phenoxy) is 2. The Morgan fingerprint density at radius 3 is 2.47 bits per heavy atom. The fourth-order valence-corrected chi connectivity index (χ4v) is 5.68. The van der Waals surface area contributed by atoms with E-state index in [2.05, 4.69) is 0 Å². The van der Waals surface area contributed by atoms with E-state index in [9.17, 15) is 34.8 Å². The number of carbonyl (C=O) groups is 2. The van der Waals surface area contributed by atoms with Crippen molar-refractivity contribution in [3.8, 4) is 5.75 Å². The van der Waals surface area contributed by atoms with E-state index in [-0.39, 0.29) is 17.1 Å². The van der Waals surface area contributed by atoms with Crippen LogP contribution in [0.3, 0.4) is 0 Å². The lowest BCUT2D eigenvalue weighted by Gasteiger charge is -2.50. The van der Waals surface area contributed by atoms with Crippen LogP contribution in [0.1, 0.15) is 28.5 Å². The Bertz CT molecular complexity index is 1170. The number of esters is 1. The van der Waals surface area contributed by atoms with Crippen molar-refractivity contribution in [2.24, 2.45) is 5.92 Å². The predicted molar refractivity (Wildman–Crippen MR) is 104 cm³/mol. The third-order valence-electron chi connectivity index (χ3n) is 6.99. The summed E-state index contributed by atoms with van der Waals surface area (Å²) in [5.41, 5.74) is -8.89. The first-order chi connectivity index (χ1) is 15.1. The highest BCUT2D eigenvalue weighted by Gasteiger charge is 2.88. The predicted octanol–water partition coefficient (Wildman–Crippen LogP) is -0.872. The third kappa shape index (κ3) is 2.29. The molecule has 0 radical (unpaired) electrons. The lowest BCUT2D eigenvalue weighted by atomic mass is 9.65. The molecule has 2 aromatic rings. The molecule has 2 heterocycles. The summed E-state index contributed by atoms with van der Waals surface area (Å²) in [7, 11) is 1.28. The minimum absolute atomic E-state index is 0.0218. The molecule has 1 aromatic heterocycles. The molecule has 0 unspecified atom stereocenters. The minimum Gasteiger partial charge on any atom is -0.496 e. The Balaban J connectivity index is 1.80. The Labute approximate surface area is 180 Å². The van der Waals surface area contributed by atoms with Gasteiger partial charge < -0.3 is 34.3 Å². The van der Waals surface area contributed by atoms with E-state index in [0.29, 0.717) is 0 Å². The van der Waals surface area contributed by atoms with Crippen LogP contribution in [0.15, 0.2) is 51.7 Å². The van der Waals surface area contributed by atoms with Gasteiger partial charge >= 0.3 is 11.6 Å². The molecule has 5 rings (SSSR count).